The molecule has 0 saturated heterocycles. The molecule has 2 aromatic carbocycles. The molecule has 0 amide bonds. The maximum absolute atomic E-state index is 12.7. The van der Waals surface area contributed by atoms with Crippen molar-refractivity contribution in [1.29, 1.82) is 0 Å². The minimum absolute atomic E-state index is 0.159. The predicted molar refractivity (Wildman–Crippen MR) is 101 cm³/mol. The second kappa shape index (κ2) is 7.70. The Balaban J connectivity index is 1.84. The van der Waals surface area contributed by atoms with Gasteiger partial charge in [-0.25, -0.2) is 18.1 Å². The highest BCUT2D eigenvalue weighted by molar-refractivity contribution is 7.90. The van der Waals surface area contributed by atoms with E-state index in [1.165, 1.54) is 0 Å². The van der Waals surface area contributed by atoms with Crippen molar-refractivity contribution >= 4 is 21.7 Å². The molecule has 25 heavy (non-hydrogen) atoms. The number of rotatable bonds is 4. The number of nitrogens with zero attached hydrogens (tertiary/aromatic N) is 1. The molecule has 1 aliphatic rings. The van der Waals surface area contributed by atoms with Crippen molar-refractivity contribution in [1.82, 2.24) is 4.72 Å². The fourth-order valence-electron chi connectivity index (χ4n) is 2.86. The zero-order chi connectivity index (χ0) is 17.7. The number of sulfonamides is 1. The second-order valence-electron chi connectivity index (χ2n) is 6.33. The number of aliphatic imine (C=N–C) groups is 1. The predicted octanol–water partition coefficient (Wildman–Crippen LogP) is 3.68. The number of guanidine groups is 1. The topological polar surface area (TPSA) is 70.6 Å². The van der Waals surface area contributed by atoms with Crippen LogP contribution in [0.2, 0.25) is 0 Å². The first-order valence-corrected chi connectivity index (χ1v) is 10.0. The second-order valence-corrected chi connectivity index (χ2v) is 8.01. The lowest BCUT2D eigenvalue weighted by Crippen LogP contribution is -2.36. The van der Waals surface area contributed by atoms with E-state index in [0.29, 0.717) is 0 Å². The van der Waals surface area contributed by atoms with E-state index in [-0.39, 0.29) is 16.9 Å². The van der Waals surface area contributed by atoms with Crippen LogP contribution in [0.3, 0.4) is 0 Å². The Hall–Kier alpha value is -2.34. The molecule has 3 rings (SSSR count). The number of anilines is 1. The summed E-state index contributed by atoms with van der Waals surface area (Å²) >= 11 is 0. The van der Waals surface area contributed by atoms with Crippen molar-refractivity contribution in [2.45, 2.75) is 43.5 Å². The van der Waals surface area contributed by atoms with E-state index < -0.39 is 10.0 Å². The summed E-state index contributed by atoms with van der Waals surface area (Å²) in [6.45, 7) is 1.92. The normalized spacial score (nSPS) is 16.0. The highest BCUT2D eigenvalue weighted by atomic mass is 32.2. The molecule has 0 aromatic heterocycles. The molecule has 2 N–H and O–H groups in total. The van der Waals surface area contributed by atoms with Gasteiger partial charge in [-0.3, -0.25) is 0 Å². The van der Waals surface area contributed by atoms with Crippen LogP contribution in [0.4, 0.5) is 5.69 Å². The molecule has 0 spiro atoms. The van der Waals surface area contributed by atoms with Crippen LogP contribution in [0.1, 0.15) is 31.2 Å². The Morgan fingerprint density at radius 1 is 1.00 bits per heavy atom. The Bertz CT molecular complexity index is 825. The summed E-state index contributed by atoms with van der Waals surface area (Å²) in [5.74, 6) is 0.277. The third-order valence-corrected chi connectivity index (χ3v) is 5.59. The Morgan fingerprint density at radius 2 is 1.64 bits per heavy atom. The molecule has 5 nitrogen and oxygen atoms in total. The Kier molecular flexibility index (Phi) is 5.38. The highest BCUT2D eigenvalue weighted by Gasteiger charge is 2.19. The first-order valence-electron chi connectivity index (χ1n) is 8.52. The standard InChI is InChI=1S/C19H23N3O2S/c1-15-11-13-18(14-12-15)25(23,24)22-19(21-17-9-5-6-10-17)20-16-7-3-2-4-8-16/h2-4,7-8,11-14,17H,5-6,9-10H2,1H3,(H2,20,21,22). The van der Waals surface area contributed by atoms with Crippen LogP contribution < -0.4 is 10.0 Å². The number of nitrogens with one attached hydrogen (secondary N) is 2. The molecule has 0 radical (unpaired) electrons. The third kappa shape index (κ3) is 4.82. The fourth-order valence-corrected chi connectivity index (χ4v) is 3.83. The van der Waals surface area contributed by atoms with E-state index in [9.17, 15) is 8.42 Å². The molecular weight excluding hydrogens is 334 g/mol. The first-order chi connectivity index (χ1) is 12.0. The lowest BCUT2D eigenvalue weighted by atomic mass is 10.2. The van der Waals surface area contributed by atoms with Crippen molar-refractivity contribution in [2.24, 2.45) is 4.99 Å². The average Bonchev–Trinajstić information content (AvgIpc) is 3.09. The first kappa shape index (κ1) is 17.5. The van der Waals surface area contributed by atoms with Gasteiger partial charge >= 0.3 is 0 Å². The van der Waals surface area contributed by atoms with Crippen LogP contribution >= 0.6 is 0 Å². The number of hydrogen-bond acceptors (Lipinski definition) is 3. The largest absolute Gasteiger partial charge is 0.326 e. The molecule has 0 unspecified atom stereocenters. The van der Waals surface area contributed by atoms with Gasteiger partial charge in [0.2, 0.25) is 5.96 Å². The van der Waals surface area contributed by atoms with Gasteiger partial charge in [0.1, 0.15) is 0 Å². The van der Waals surface area contributed by atoms with Gasteiger partial charge in [0.25, 0.3) is 10.0 Å². The van der Waals surface area contributed by atoms with Crippen molar-refractivity contribution < 1.29 is 8.42 Å². The van der Waals surface area contributed by atoms with Crippen molar-refractivity contribution in [3.8, 4) is 0 Å². The smallest absolute Gasteiger partial charge is 0.264 e. The summed E-state index contributed by atoms with van der Waals surface area (Å²) in [6, 6.07) is 16.4. The summed E-state index contributed by atoms with van der Waals surface area (Å²) in [5, 5.41) is 3.10. The number of aryl methyl sites for hydroxylation is 1. The average molecular weight is 357 g/mol. The molecule has 1 aliphatic carbocycles. The van der Waals surface area contributed by atoms with Crippen molar-refractivity contribution in [2.75, 3.05) is 5.32 Å². The summed E-state index contributed by atoms with van der Waals surface area (Å²) in [5.41, 5.74) is 1.81. The molecule has 2 aromatic rings. The zero-order valence-electron chi connectivity index (χ0n) is 14.3. The minimum atomic E-state index is -3.68. The van der Waals surface area contributed by atoms with Gasteiger partial charge in [0.05, 0.1) is 10.9 Å². The van der Waals surface area contributed by atoms with Crippen LogP contribution in [-0.4, -0.2) is 20.4 Å². The van der Waals surface area contributed by atoms with E-state index in [0.717, 1.165) is 36.9 Å². The molecule has 0 atom stereocenters. The van der Waals surface area contributed by atoms with Crippen molar-refractivity contribution in [3.05, 3.63) is 60.2 Å². The molecule has 0 heterocycles. The van der Waals surface area contributed by atoms with Gasteiger partial charge in [0.15, 0.2) is 0 Å². The minimum Gasteiger partial charge on any atom is -0.326 e. The van der Waals surface area contributed by atoms with E-state index >= 15 is 0 Å². The molecule has 0 aliphatic heterocycles. The SMILES string of the molecule is Cc1ccc(S(=O)(=O)NC(=NC2CCCC2)Nc2ccccc2)cc1. The number of para-hydroxylation sites is 1. The van der Waals surface area contributed by atoms with E-state index in [4.69, 9.17) is 0 Å². The molecule has 132 valence electrons. The van der Waals surface area contributed by atoms with E-state index in [2.05, 4.69) is 15.0 Å². The zero-order valence-corrected chi connectivity index (χ0v) is 15.1. The maximum Gasteiger partial charge on any atom is 0.264 e. The van der Waals surface area contributed by atoms with Gasteiger partial charge in [0, 0.05) is 5.69 Å². The van der Waals surface area contributed by atoms with Gasteiger partial charge in [-0.2, -0.15) is 0 Å². The van der Waals surface area contributed by atoms with Crippen LogP contribution in [0.15, 0.2) is 64.5 Å². The molecule has 1 fully saturated rings. The Labute approximate surface area is 149 Å². The molecular formula is C19H23N3O2S. The summed E-state index contributed by atoms with van der Waals surface area (Å²) < 4.78 is 28.0. The maximum atomic E-state index is 12.7. The fraction of sp³-hybridized carbons (Fsp3) is 0.316. The van der Waals surface area contributed by atoms with Gasteiger partial charge < -0.3 is 5.32 Å². The van der Waals surface area contributed by atoms with E-state index in [1.54, 1.807) is 24.3 Å². The van der Waals surface area contributed by atoms with Crippen LogP contribution in [0.5, 0.6) is 0 Å². The quantitative estimate of drug-likeness (QED) is 0.648. The van der Waals surface area contributed by atoms with Gasteiger partial charge in [-0.15, -0.1) is 0 Å². The van der Waals surface area contributed by atoms with Crippen LogP contribution in [0, 0.1) is 6.92 Å². The van der Waals surface area contributed by atoms with E-state index in [1.807, 2.05) is 37.3 Å². The van der Waals surface area contributed by atoms with Crippen molar-refractivity contribution in [3.63, 3.8) is 0 Å². The monoisotopic (exact) mass is 357 g/mol. The number of hydrogen-bond donors (Lipinski definition) is 2. The number of benzene rings is 2. The van der Waals surface area contributed by atoms with Crippen LogP contribution in [-0.2, 0) is 10.0 Å². The van der Waals surface area contributed by atoms with Crippen LogP contribution in [0.25, 0.3) is 0 Å². The lowest BCUT2D eigenvalue weighted by molar-refractivity contribution is 0.592. The van der Waals surface area contributed by atoms with Gasteiger partial charge in [-0.05, 0) is 44.0 Å². The summed E-state index contributed by atoms with van der Waals surface area (Å²) in [6.07, 6.45) is 4.26. The lowest BCUT2D eigenvalue weighted by Gasteiger charge is -2.15. The Morgan fingerprint density at radius 3 is 2.28 bits per heavy atom. The molecule has 6 heteroatoms. The highest BCUT2D eigenvalue weighted by Crippen LogP contribution is 2.21. The summed E-state index contributed by atoms with van der Waals surface area (Å²) in [7, 11) is -3.68. The molecule has 1 saturated carbocycles. The third-order valence-electron chi connectivity index (χ3n) is 4.24. The summed E-state index contributed by atoms with van der Waals surface area (Å²) in [4.78, 5) is 4.84. The van der Waals surface area contributed by atoms with Gasteiger partial charge in [-0.1, -0.05) is 48.7 Å². The molecule has 0 bridgehead atoms.